The van der Waals surface area contributed by atoms with E-state index in [1.54, 1.807) is 0 Å². The minimum atomic E-state index is -3.23. The minimum absolute atomic E-state index is 0.104. The molecule has 1 aliphatic rings. The summed E-state index contributed by atoms with van der Waals surface area (Å²) >= 11 is 0. The Morgan fingerprint density at radius 1 is 1.37 bits per heavy atom. The van der Waals surface area contributed by atoms with E-state index < -0.39 is 17.6 Å². The largest absolute Gasteiger partial charge is 0.307 e. The van der Waals surface area contributed by atoms with Crippen molar-refractivity contribution >= 4 is 11.6 Å². The molecule has 2 atom stereocenters. The molecule has 1 fully saturated rings. The van der Waals surface area contributed by atoms with Gasteiger partial charge in [-0.15, -0.1) is 0 Å². The normalized spacial score (nSPS) is 22.0. The summed E-state index contributed by atoms with van der Waals surface area (Å²) in [6.07, 6.45) is 2.42. The highest BCUT2D eigenvalue weighted by Gasteiger charge is 2.43. The fourth-order valence-electron chi connectivity index (χ4n) is 2.77. The number of Topliss-reactive ketones (excluding diaryl/α,β-unsaturated/α-hetero) is 2. The van der Waals surface area contributed by atoms with Gasteiger partial charge in [0, 0.05) is 25.2 Å². The fraction of sp³-hybridized carbons (Fsp3) is 0.867. The summed E-state index contributed by atoms with van der Waals surface area (Å²) in [7, 11) is 0. The van der Waals surface area contributed by atoms with Crippen LogP contribution in [0.3, 0.4) is 0 Å². The Morgan fingerprint density at radius 3 is 2.47 bits per heavy atom. The van der Waals surface area contributed by atoms with Crippen molar-refractivity contribution in [1.29, 1.82) is 0 Å². The van der Waals surface area contributed by atoms with Gasteiger partial charge in [0.05, 0.1) is 0 Å². The van der Waals surface area contributed by atoms with Crippen molar-refractivity contribution in [1.82, 2.24) is 0 Å². The van der Waals surface area contributed by atoms with Crippen LogP contribution in [0, 0.1) is 17.8 Å². The van der Waals surface area contributed by atoms with Crippen LogP contribution in [0.2, 0.25) is 0 Å². The molecule has 1 saturated carbocycles. The summed E-state index contributed by atoms with van der Waals surface area (Å²) < 4.78 is 27.8. The molecule has 0 aliphatic heterocycles. The van der Waals surface area contributed by atoms with Crippen molar-refractivity contribution in [3.05, 3.63) is 0 Å². The van der Waals surface area contributed by atoms with Gasteiger partial charge in [-0.2, -0.15) is 8.78 Å². The lowest BCUT2D eigenvalue weighted by atomic mass is 9.88. The monoisotopic (exact) mass is 274 g/mol. The van der Waals surface area contributed by atoms with Gasteiger partial charge in [0.15, 0.2) is 0 Å². The average Bonchev–Trinajstić information content (AvgIpc) is 2.70. The third kappa shape index (κ3) is 4.66. The molecule has 0 spiro atoms. The molecule has 0 unspecified atom stereocenters. The third-order valence-electron chi connectivity index (χ3n) is 3.94. The van der Waals surface area contributed by atoms with Gasteiger partial charge in [-0.1, -0.05) is 20.8 Å². The number of ketones is 2. The highest BCUT2D eigenvalue weighted by Crippen LogP contribution is 2.33. The highest BCUT2D eigenvalue weighted by atomic mass is 19.3. The second kappa shape index (κ2) is 6.58. The number of hydrogen-bond acceptors (Lipinski definition) is 2. The van der Waals surface area contributed by atoms with Gasteiger partial charge in [-0.05, 0) is 31.1 Å². The van der Waals surface area contributed by atoms with Crippen molar-refractivity contribution in [3.8, 4) is 0 Å². The molecule has 0 aromatic carbocycles. The summed E-state index contributed by atoms with van der Waals surface area (Å²) in [5.74, 6) is -4.62. The molecular weight excluding hydrogens is 250 g/mol. The van der Waals surface area contributed by atoms with Gasteiger partial charge in [-0.25, -0.2) is 0 Å². The molecule has 19 heavy (non-hydrogen) atoms. The summed E-state index contributed by atoms with van der Waals surface area (Å²) in [6.45, 7) is 5.19. The van der Waals surface area contributed by atoms with Crippen molar-refractivity contribution in [2.24, 2.45) is 17.8 Å². The molecule has 0 bridgehead atoms. The van der Waals surface area contributed by atoms with Gasteiger partial charge < -0.3 is 0 Å². The maximum atomic E-state index is 13.9. The predicted octanol–water partition coefficient (Wildman–Crippen LogP) is 4.02. The number of carbonyl (C=O) groups is 2. The van der Waals surface area contributed by atoms with E-state index in [2.05, 4.69) is 0 Å². The van der Waals surface area contributed by atoms with Gasteiger partial charge in [0.1, 0.15) is 5.78 Å². The molecule has 0 radical (unpaired) electrons. The van der Waals surface area contributed by atoms with E-state index in [1.165, 1.54) is 6.92 Å². The predicted molar refractivity (Wildman–Crippen MR) is 70.2 cm³/mol. The quantitative estimate of drug-likeness (QED) is 0.702. The summed E-state index contributed by atoms with van der Waals surface area (Å²) in [5, 5.41) is 0. The number of alkyl halides is 2. The first-order valence-corrected chi connectivity index (χ1v) is 7.16. The molecular formula is C15H24F2O2. The maximum Gasteiger partial charge on any atom is 0.307 e. The van der Waals surface area contributed by atoms with Crippen LogP contribution in [0.5, 0.6) is 0 Å². The molecule has 0 saturated heterocycles. The van der Waals surface area contributed by atoms with Crippen molar-refractivity contribution in [2.75, 3.05) is 0 Å². The zero-order chi connectivity index (χ0) is 14.6. The van der Waals surface area contributed by atoms with Crippen LogP contribution >= 0.6 is 0 Å². The van der Waals surface area contributed by atoms with E-state index in [1.807, 2.05) is 13.8 Å². The zero-order valence-corrected chi connectivity index (χ0v) is 12.0. The fourth-order valence-corrected chi connectivity index (χ4v) is 2.77. The molecule has 1 aliphatic carbocycles. The Balaban J connectivity index is 2.44. The second-order valence-corrected chi connectivity index (χ2v) is 6.26. The first-order valence-electron chi connectivity index (χ1n) is 7.16. The molecule has 0 aromatic rings. The van der Waals surface area contributed by atoms with Gasteiger partial charge in [0.2, 0.25) is 5.78 Å². The molecule has 4 heteroatoms. The smallest absolute Gasteiger partial charge is 0.300 e. The summed E-state index contributed by atoms with van der Waals surface area (Å²) in [6, 6.07) is 0. The van der Waals surface area contributed by atoms with Crippen LogP contribution in [0.1, 0.15) is 59.3 Å². The number of rotatable bonds is 7. The lowest BCUT2D eigenvalue weighted by Crippen LogP contribution is -2.36. The van der Waals surface area contributed by atoms with Gasteiger partial charge in [-0.3, -0.25) is 9.59 Å². The minimum Gasteiger partial charge on any atom is -0.300 e. The maximum absolute atomic E-state index is 13.9. The summed E-state index contributed by atoms with van der Waals surface area (Å²) in [5.41, 5.74) is 0. The van der Waals surface area contributed by atoms with E-state index in [0.717, 1.165) is 6.42 Å². The first-order chi connectivity index (χ1) is 8.73. The highest BCUT2D eigenvalue weighted by molar-refractivity contribution is 5.86. The van der Waals surface area contributed by atoms with E-state index in [9.17, 15) is 18.4 Å². The molecule has 110 valence electrons. The summed E-state index contributed by atoms with van der Waals surface area (Å²) in [4.78, 5) is 22.8. The molecule has 0 heterocycles. The number of carbonyl (C=O) groups excluding carboxylic acids is 2. The van der Waals surface area contributed by atoms with Crippen molar-refractivity contribution in [2.45, 2.75) is 65.2 Å². The number of halogens is 2. The topological polar surface area (TPSA) is 34.1 Å². The van der Waals surface area contributed by atoms with Crippen molar-refractivity contribution in [3.63, 3.8) is 0 Å². The molecule has 1 rings (SSSR count). The Labute approximate surface area is 113 Å². The zero-order valence-electron chi connectivity index (χ0n) is 12.0. The van der Waals surface area contributed by atoms with E-state index in [-0.39, 0.29) is 24.0 Å². The van der Waals surface area contributed by atoms with Crippen LogP contribution < -0.4 is 0 Å². The SMILES string of the molecule is CC(C)C[C@H](C)C(F)(F)C(=O)CC[C@H]1CCC(=O)C1. The van der Waals surface area contributed by atoms with E-state index in [0.29, 0.717) is 25.7 Å². The average molecular weight is 274 g/mol. The number of hydrogen-bond donors (Lipinski definition) is 0. The van der Waals surface area contributed by atoms with E-state index >= 15 is 0 Å². The van der Waals surface area contributed by atoms with Crippen LogP contribution in [-0.4, -0.2) is 17.5 Å². The Kier molecular flexibility index (Phi) is 5.63. The lowest BCUT2D eigenvalue weighted by Gasteiger charge is -2.24. The van der Waals surface area contributed by atoms with Gasteiger partial charge in [0.25, 0.3) is 0 Å². The Morgan fingerprint density at radius 2 is 2.00 bits per heavy atom. The second-order valence-electron chi connectivity index (χ2n) is 6.26. The lowest BCUT2D eigenvalue weighted by molar-refractivity contribution is -0.151. The first kappa shape index (κ1) is 16.3. The molecule has 0 N–H and O–H groups in total. The van der Waals surface area contributed by atoms with Gasteiger partial charge >= 0.3 is 5.92 Å². The van der Waals surface area contributed by atoms with E-state index in [4.69, 9.17) is 0 Å². The Bertz CT molecular complexity index is 337. The van der Waals surface area contributed by atoms with Crippen LogP contribution in [0.25, 0.3) is 0 Å². The standard InChI is InChI=1S/C15H24F2O2/c1-10(2)8-11(3)15(16,17)14(19)7-5-12-4-6-13(18)9-12/h10-12H,4-9H2,1-3H3/t11-,12+/m0/s1. The van der Waals surface area contributed by atoms with Crippen LogP contribution in [0.15, 0.2) is 0 Å². The molecule has 0 amide bonds. The molecule has 2 nitrogen and oxygen atoms in total. The van der Waals surface area contributed by atoms with Crippen LogP contribution in [-0.2, 0) is 9.59 Å². The third-order valence-corrected chi connectivity index (χ3v) is 3.94. The van der Waals surface area contributed by atoms with Crippen molar-refractivity contribution < 1.29 is 18.4 Å². The van der Waals surface area contributed by atoms with Crippen LogP contribution in [0.4, 0.5) is 8.78 Å². The molecule has 0 aromatic heterocycles. The Hall–Kier alpha value is -0.800.